The molecule has 1 aromatic carbocycles. The molecule has 0 bridgehead atoms. The average molecular weight is 428 g/mol. The fourth-order valence-corrected chi connectivity index (χ4v) is 5.34. The molecule has 0 fully saturated rings. The maximum atomic E-state index is 12.2. The summed E-state index contributed by atoms with van der Waals surface area (Å²) >= 11 is 4.94. The Labute approximate surface area is 162 Å². The standard InChI is InChI=1S/C19H14BrN3O2S/c1-26-12-6-11(24)10(20)7-19(12)3-5-22-17-14(19)15-13-9(2-4-21-15)8-23-16(13)18(17)25/h3,5-8,22,25H,2,4H2,1H3/t19-/m1/s1. The first-order valence-electron chi connectivity index (χ1n) is 8.21. The summed E-state index contributed by atoms with van der Waals surface area (Å²) in [5.74, 6) is 0.0766. The number of carbonyl (C=O) groups excluding carboxylic acids is 1. The predicted octanol–water partition coefficient (Wildman–Crippen LogP) is 2.57. The molecule has 0 aromatic heterocycles. The maximum absolute atomic E-state index is 12.2. The van der Waals surface area contributed by atoms with E-state index in [0.29, 0.717) is 22.4 Å². The molecule has 0 amide bonds. The normalized spacial score (nSPS) is 24.7. The zero-order valence-corrected chi connectivity index (χ0v) is 16.2. The van der Waals surface area contributed by atoms with E-state index in [1.807, 2.05) is 30.8 Å². The fraction of sp³-hybridized carbons (Fsp3) is 0.211. The minimum absolute atomic E-state index is 0.0555. The highest BCUT2D eigenvalue weighted by Crippen LogP contribution is 2.50. The summed E-state index contributed by atoms with van der Waals surface area (Å²) in [6.07, 6.45) is 12.0. The topological polar surface area (TPSA) is 74.0 Å². The van der Waals surface area contributed by atoms with Gasteiger partial charge in [-0.2, -0.15) is 0 Å². The van der Waals surface area contributed by atoms with Gasteiger partial charge in [0.25, 0.3) is 0 Å². The number of rotatable bonds is 1. The summed E-state index contributed by atoms with van der Waals surface area (Å²) in [6.45, 7) is 0.687. The summed E-state index contributed by atoms with van der Waals surface area (Å²) < 4.78 is 0.510. The Morgan fingerprint density at radius 1 is 1.42 bits per heavy atom. The lowest BCUT2D eigenvalue weighted by Gasteiger charge is -2.37. The first kappa shape index (κ1) is 16.1. The zero-order chi connectivity index (χ0) is 18.1. The Balaban J connectivity index is 1.97. The van der Waals surface area contributed by atoms with E-state index >= 15 is 0 Å². The number of anilines is 1. The van der Waals surface area contributed by atoms with E-state index < -0.39 is 5.41 Å². The number of allylic oxidation sites excluding steroid dienone is 5. The molecular formula is C19H14BrN3O2S. The van der Waals surface area contributed by atoms with Crippen molar-refractivity contribution in [2.75, 3.05) is 18.1 Å². The number of phenolic OH excluding ortho intramolecular Hbond substituents is 1. The van der Waals surface area contributed by atoms with Crippen molar-refractivity contribution >= 4 is 56.6 Å². The first-order valence-corrected chi connectivity index (χ1v) is 10.2. The number of carbonyl (C=O) groups is 1. The second kappa shape index (κ2) is 5.44. The molecule has 130 valence electrons. The molecule has 3 aliphatic heterocycles. The third-order valence-electron chi connectivity index (χ3n) is 5.21. The molecular weight excluding hydrogens is 414 g/mol. The summed E-state index contributed by atoms with van der Waals surface area (Å²) in [4.78, 5) is 22.4. The number of thioether (sulfide) groups is 1. The molecule has 26 heavy (non-hydrogen) atoms. The Morgan fingerprint density at radius 3 is 3.08 bits per heavy atom. The number of ketones is 1. The largest absolute Gasteiger partial charge is 0.504 e. The third-order valence-corrected chi connectivity index (χ3v) is 6.73. The molecule has 0 saturated heterocycles. The SMILES string of the molecule is CSC1=CC(=O)C(Br)=C[C@]12C=CNc1c(O)c3c4c(c12)=NCCC=4C=N3. The zero-order valence-electron chi connectivity index (χ0n) is 13.8. The van der Waals surface area contributed by atoms with E-state index in [0.717, 1.165) is 33.0 Å². The molecule has 0 radical (unpaired) electrons. The Hall–Kier alpha value is -2.12. The lowest BCUT2D eigenvalue weighted by molar-refractivity contribution is -0.110. The van der Waals surface area contributed by atoms with Crippen molar-refractivity contribution in [1.29, 1.82) is 0 Å². The molecule has 1 aromatic rings. The number of phenols is 1. The maximum Gasteiger partial charge on any atom is 0.193 e. The Bertz CT molecular complexity index is 1150. The molecule has 3 heterocycles. The molecule has 5 nitrogen and oxygen atoms in total. The monoisotopic (exact) mass is 427 g/mol. The summed E-state index contributed by atoms with van der Waals surface area (Å²) in [6, 6.07) is 0. The van der Waals surface area contributed by atoms with Crippen LogP contribution < -0.4 is 15.9 Å². The Morgan fingerprint density at radius 2 is 2.27 bits per heavy atom. The van der Waals surface area contributed by atoms with E-state index in [1.165, 1.54) is 11.8 Å². The van der Waals surface area contributed by atoms with Crippen molar-refractivity contribution in [2.45, 2.75) is 11.8 Å². The number of aliphatic imine (C=N–C) groups is 1. The predicted molar refractivity (Wildman–Crippen MR) is 108 cm³/mol. The molecule has 0 saturated carbocycles. The van der Waals surface area contributed by atoms with Gasteiger partial charge in [-0.05, 0) is 58.6 Å². The number of hydrogen-bond donors (Lipinski definition) is 2. The van der Waals surface area contributed by atoms with Gasteiger partial charge >= 0.3 is 0 Å². The second-order valence-electron chi connectivity index (χ2n) is 6.50. The van der Waals surface area contributed by atoms with Crippen molar-refractivity contribution in [1.82, 2.24) is 0 Å². The lowest BCUT2D eigenvalue weighted by atomic mass is 9.73. The van der Waals surface area contributed by atoms with Crippen molar-refractivity contribution in [2.24, 2.45) is 9.98 Å². The van der Waals surface area contributed by atoms with E-state index in [-0.39, 0.29) is 11.5 Å². The smallest absolute Gasteiger partial charge is 0.193 e. The van der Waals surface area contributed by atoms with Gasteiger partial charge in [0.2, 0.25) is 0 Å². The van der Waals surface area contributed by atoms with Crippen LogP contribution in [0.5, 0.6) is 5.75 Å². The summed E-state index contributed by atoms with van der Waals surface area (Å²) in [5, 5.41) is 15.9. The fourth-order valence-electron chi connectivity index (χ4n) is 4.07. The van der Waals surface area contributed by atoms with Crippen molar-refractivity contribution in [3.05, 3.63) is 50.0 Å². The van der Waals surface area contributed by atoms with Crippen LogP contribution in [0.3, 0.4) is 0 Å². The van der Waals surface area contributed by atoms with Crippen LogP contribution >= 0.6 is 27.7 Å². The number of benzene rings is 1. The van der Waals surface area contributed by atoms with Crippen molar-refractivity contribution in [3.63, 3.8) is 0 Å². The molecule has 1 aliphatic carbocycles. The van der Waals surface area contributed by atoms with E-state index in [9.17, 15) is 9.90 Å². The minimum Gasteiger partial charge on any atom is -0.504 e. The van der Waals surface area contributed by atoms with Crippen LogP contribution in [0.25, 0.3) is 5.57 Å². The van der Waals surface area contributed by atoms with Crippen molar-refractivity contribution < 1.29 is 9.90 Å². The summed E-state index contributed by atoms with van der Waals surface area (Å²) in [5.41, 5.74) is 2.53. The molecule has 1 spiro atoms. The number of fused-ring (bicyclic) bond motifs is 3. The van der Waals surface area contributed by atoms with Gasteiger partial charge in [0, 0.05) is 28.4 Å². The molecule has 0 unspecified atom stereocenters. The third kappa shape index (κ3) is 1.90. The van der Waals surface area contributed by atoms with Gasteiger partial charge < -0.3 is 10.4 Å². The molecule has 1 atom stereocenters. The molecule has 2 N–H and O–H groups in total. The lowest BCUT2D eigenvalue weighted by Crippen LogP contribution is -2.43. The van der Waals surface area contributed by atoms with E-state index in [4.69, 9.17) is 4.99 Å². The highest BCUT2D eigenvalue weighted by Gasteiger charge is 2.43. The van der Waals surface area contributed by atoms with Crippen LogP contribution in [0.2, 0.25) is 0 Å². The van der Waals surface area contributed by atoms with Crippen LogP contribution in [0, 0.1) is 0 Å². The molecule has 7 heteroatoms. The van der Waals surface area contributed by atoms with Gasteiger partial charge in [-0.15, -0.1) is 11.8 Å². The van der Waals surface area contributed by atoms with E-state index in [1.54, 1.807) is 6.08 Å². The van der Waals surface area contributed by atoms with Crippen LogP contribution in [-0.2, 0) is 10.2 Å². The van der Waals surface area contributed by atoms with Gasteiger partial charge in [-0.1, -0.05) is 0 Å². The van der Waals surface area contributed by atoms with Crippen LogP contribution in [0.15, 0.2) is 43.8 Å². The Kier molecular flexibility index (Phi) is 3.36. The van der Waals surface area contributed by atoms with Crippen LogP contribution in [0.1, 0.15) is 12.0 Å². The highest BCUT2D eigenvalue weighted by molar-refractivity contribution is 9.12. The van der Waals surface area contributed by atoms with Gasteiger partial charge in [0.05, 0.1) is 20.9 Å². The van der Waals surface area contributed by atoms with E-state index in [2.05, 4.69) is 26.2 Å². The van der Waals surface area contributed by atoms with Gasteiger partial charge in [-0.3, -0.25) is 14.8 Å². The molecule has 5 rings (SSSR count). The number of nitrogens with one attached hydrogen (secondary N) is 1. The van der Waals surface area contributed by atoms with Crippen molar-refractivity contribution in [3.8, 4) is 5.75 Å². The average Bonchev–Trinajstić information content (AvgIpc) is 3.08. The van der Waals surface area contributed by atoms with Gasteiger partial charge in [0.15, 0.2) is 11.5 Å². The molecule has 4 aliphatic rings. The number of halogens is 1. The second-order valence-corrected chi connectivity index (χ2v) is 8.20. The van der Waals surface area contributed by atoms with Gasteiger partial charge in [0.1, 0.15) is 5.69 Å². The quantitative estimate of drug-likeness (QED) is 0.675. The summed E-state index contributed by atoms with van der Waals surface area (Å²) in [7, 11) is 0. The minimum atomic E-state index is -0.650. The number of hydrogen-bond acceptors (Lipinski definition) is 6. The first-order chi connectivity index (χ1) is 12.6. The van der Waals surface area contributed by atoms with Crippen LogP contribution in [-0.4, -0.2) is 29.9 Å². The highest BCUT2D eigenvalue weighted by atomic mass is 79.9. The van der Waals surface area contributed by atoms with Crippen LogP contribution in [0.4, 0.5) is 11.4 Å². The number of aromatic hydroxyl groups is 1. The van der Waals surface area contributed by atoms with Gasteiger partial charge in [-0.25, -0.2) is 0 Å². The number of nitrogens with zero attached hydrogens (tertiary/aromatic N) is 2.